The molecule has 0 aliphatic heterocycles. The molecule has 0 fully saturated rings. The molecule has 2 rings (SSSR count). The van der Waals surface area contributed by atoms with E-state index in [-0.39, 0.29) is 11.5 Å². The summed E-state index contributed by atoms with van der Waals surface area (Å²) in [6, 6.07) is 7.33. The molecule has 0 aliphatic rings. The number of benzene rings is 1. The minimum atomic E-state index is -0.793. The first-order valence-corrected chi connectivity index (χ1v) is 7.50. The highest BCUT2D eigenvalue weighted by molar-refractivity contribution is 7.98. The third-order valence-corrected chi connectivity index (χ3v) is 3.43. The number of thioether (sulfide) groups is 1. The number of carbonyl (C=O) groups is 2. The Hall–Kier alpha value is -2.61. The number of rotatable bonds is 5. The van der Waals surface area contributed by atoms with E-state index in [0.717, 1.165) is 4.90 Å². The summed E-state index contributed by atoms with van der Waals surface area (Å²) < 4.78 is 4.88. The molecule has 0 atom stereocenters. The van der Waals surface area contributed by atoms with Gasteiger partial charge in [-0.1, -0.05) is 12.1 Å². The monoisotopic (exact) mass is 318 g/mol. The molecule has 0 spiro atoms. The summed E-state index contributed by atoms with van der Waals surface area (Å²) in [5.41, 5.74) is 6.06. The number of anilines is 2. The van der Waals surface area contributed by atoms with Crippen molar-refractivity contribution in [3.63, 3.8) is 0 Å². The van der Waals surface area contributed by atoms with Crippen LogP contribution in [-0.4, -0.2) is 34.7 Å². The van der Waals surface area contributed by atoms with Crippen LogP contribution >= 0.6 is 11.8 Å². The molecule has 1 aromatic heterocycles. The third kappa shape index (κ3) is 3.95. The molecule has 2 aromatic rings. The Morgan fingerprint density at radius 1 is 1.27 bits per heavy atom. The number of nitrogen functional groups attached to an aromatic ring is 1. The number of nitrogens with one attached hydrogen (secondary N) is 1. The lowest BCUT2D eigenvalue weighted by Gasteiger charge is -2.09. The van der Waals surface area contributed by atoms with Crippen LogP contribution in [0.2, 0.25) is 0 Å². The number of hydrogen-bond donors (Lipinski definition) is 2. The predicted molar refractivity (Wildman–Crippen MR) is 83.6 cm³/mol. The van der Waals surface area contributed by atoms with Gasteiger partial charge in [0.2, 0.25) is 0 Å². The number of esters is 1. The summed E-state index contributed by atoms with van der Waals surface area (Å²) in [6.07, 6.45) is 4.59. The lowest BCUT2D eigenvalue weighted by atomic mass is 10.3. The zero-order valence-electron chi connectivity index (χ0n) is 11.8. The highest BCUT2D eigenvalue weighted by atomic mass is 32.2. The molecular weight excluding hydrogens is 304 g/mol. The smallest absolute Gasteiger partial charge is 0.361 e. The van der Waals surface area contributed by atoms with Crippen LogP contribution < -0.4 is 11.1 Å². The van der Waals surface area contributed by atoms with Crippen molar-refractivity contribution in [2.24, 2.45) is 0 Å². The van der Waals surface area contributed by atoms with Gasteiger partial charge in [-0.05, 0) is 18.4 Å². The van der Waals surface area contributed by atoms with Gasteiger partial charge in [0.05, 0.1) is 5.69 Å². The topological polar surface area (TPSA) is 107 Å². The molecule has 8 heteroatoms. The molecule has 1 amide bonds. The molecule has 3 N–H and O–H groups in total. The number of para-hydroxylation sites is 1. The lowest BCUT2D eigenvalue weighted by molar-refractivity contribution is -0.119. The minimum absolute atomic E-state index is 0.0411. The van der Waals surface area contributed by atoms with Gasteiger partial charge in [-0.25, -0.2) is 14.8 Å². The fourth-order valence-electron chi connectivity index (χ4n) is 1.64. The molecule has 0 unspecified atom stereocenters. The van der Waals surface area contributed by atoms with Crippen molar-refractivity contribution in [1.82, 2.24) is 9.97 Å². The first-order chi connectivity index (χ1) is 10.6. The number of nitrogens with two attached hydrogens (primary N) is 1. The Morgan fingerprint density at radius 3 is 2.73 bits per heavy atom. The first-order valence-electron chi connectivity index (χ1n) is 6.28. The SMILES string of the molecule is CSc1ccccc1NC(=O)COC(=O)c1nccnc1N. The van der Waals surface area contributed by atoms with E-state index < -0.39 is 18.5 Å². The summed E-state index contributed by atoms with van der Waals surface area (Å²) in [5, 5.41) is 2.68. The Balaban J connectivity index is 1.93. The van der Waals surface area contributed by atoms with Crippen molar-refractivity contribution in [3.8, 4) is 0 Å². The summed E-state index contributed by atoms with van der Waals surface area (Å²) in [7, 11) is 0. The fourth-order valence-corrected chi connectivity index (χ4v) is 2.19. The standard InChI is InChI=1S/C14H14N4O3S/c1-22-10-5-3-2-4-9(10)18-11(19)8-21-14(20)12-13(15)17-7-6-16-12/h2-7H,8H2,1H3,(H2,15,17)(H,18,19). The summed E-state index contributed by atoms with van der Waals surface area (Å²) in [5.74, 6) is -1.28. The summed E-state index contributed by atoms with van der Waals surface area (Å²) >= 11 is 1.50. The fraction of sp³-hybridized carbons (Fsp3) is 0.143. The molecule has 1 aromatic carbocycles. The quantitative estimate of drug-likeness (QED) is 0.636. The van der Waals surface area contributed by atoms with Gasteiger partial charge in [-0.15, -0.1) is 11.8 Å². The van der Waals surface area contributed by atoms with Crippen LogP contribution in [0.1, 0.15) is 10.5 Å². The maximum atomic E-state index is 11.8. The highest BCUT2D eigenvalue weighted by Crippen LogP contribution is 2.24. The molecule has 7 nitrogen and oxygen atoms in total. The normalized spacial score (nSPS) is 10.0. The first kappa shape index (κ1) is 15.8. The molecular formula is C14H14N4O3S. The molecule has 0 saturated carbocycles. The predicted octanol–water partition coefficient (Wildman–Crippen LogP) is 1.58. The van der Waals surface area contributed by atoms with Gasteiger partial charge in [0.15, 0.2) is 18.1 Å². The number of aromatic nitrogens is 2. The molecule has 1 heterocycles. The van der Waals surface area contributed by atoms with E-state index in [1.165, 1.54) is 24.2 Å². The average Bonchev–Trinajstić information content (AvgIpc) is 2.53. The van der Waals surface area contributed by atoms with Crippen molar-refractivity contribution in [2.75, 3.05) is 23.9 Å². The van der Waals surface area contributed by atoms with Crippen molar-refractivity contribution in [1.29, 1.82) is 0 Å². The number of ether oxygens (including phenoxy) is 1. The van der Waals surface area contributed by atoms with Gasteiger partial charge in [-0.2, -0.15) is 0 Å². The van der Waals surface area contributed by atoms with Crippen LogP contribution in [0.5, 0.6) is 0 Å². The molecule has 0 bridgehead atoms. The number of carbonyl (C=O) groups excluding carboxylic acids is 2. The summed E-state index contributed by atoms with van der Waals surface area (Å²) in [4.78, 5) is 32.0. The maximum absolute atomic E-state index is 11.8. The van der Waals surface area contributed by atoms with Gasteiger partial charge in [0.1, 0.15) is 0 Å². The van der Waals surface area contributed by atoms with Crippen molar-refractivity contribution >= 4 is 35.1 Å². The van der Waals surface area contributed by atoms with Gasteiger partial charge < -0.3 is 15.8 Å². The molecule has 0 radical (unpaired) electrons. The van der Waals surface area contributed by atoms with Gasteiger partial charge in [0, 0.05) is 17.3 Å². The van der Waals surface area contributed by atoms with Crippen LogP contribution in [0.25, 0.3) is 0 Å². The lowest BCUT2D eigenvalue weighted by Crippen LogP contribution is -2.22. The maximum Gasteiger partial charge on any atom is 0.361 e. The Morgan fingerprint density at radius 2 is 2.00 bits per heavy atom. The van der Waals surface area contributed by atoms with E-state index in [9.17, 15) is 9.59 Å². The largest absolute Gasteiger partial charge is 0.451 e. The molecule has 22 heavy (non-hydrogen) atoms. The van der Waals surface area contributed by atoms with Crippen LogP contribution in [0.3, 0.4) is 0 Å². The van der Waals surface area contributed by atoms with Crippen molar-refractivity contribution in [2.45, 2.75) is 4.90 Å². The van der Waals surface area contributed by atoms with E-state index >= 15 is 0 Å². The van der Waals surface area contributed by atoms with Crippen LogP contribution in [0.15, 0.2) is 41.6 Å². The van der Waals surface area contributed by atoms with Crippen LogP contribution in [-0.2, 0) is 9.53 Å². The second-order valence-corrected chi connectivity index (χ2v) is 4.96. The van der Waals surface area contributed by atoms with Gasteiger partial charge in [-0.3, -0.25) is 4.79 Å². The van der Waals surface area contributed by atoms with Crippen LogP contribution in [0, 0.1) is 0 Å². The Kier molecular flexibility index (Phi) is 5.31. The van der Waals surface area contributed by atoms with E-state index in [4.69, 9.17) is 10.5 Å². The zero-order chi connectivity index (χ0) is 15.9. The van der Waals surface area contributed by atoms with E-state index in [0.29, 0.717) is 5.69 Å². The number of hydrogen-bond acceptors (Lipinski definition) is 7. The van der Waals surface area contributed by atoms with Crippen molar-refractivity contribution in [3.05, 3.63) is 42.4 Å². The van der Waals surface area contributed by atoms with E-state index in [2.05, 4.69) is 15.3 Å². The third-order valence-electron chi connectivity index (χ3n) is 2.64. The Labute approximate surface area is 131 Å². The average molecular weight is 318 g/mol. The number of nitrogens with zero attached hydrogens (tertiary/aromatic N) is 2. The van der Waals surface area contributed by atoms with Crippen molar-refractivity contribution < 1.29 is 14.3 Å². The second kappa shape index (κ2) is 7.41. The number of amides is 1. The van der Waals surface area contributed by atoms with Gasteiger partial charge in [0.25, 0.3) is 5.91 Å². The Bertz CT molecular complexity index is 693. The molecule has 0 saturated heterocycles. The zero-order valence-corrected chi connectivity index (χ0v) is 12.6. The minimum Gasteiger partial charge on any atom is -0.451 e. The van der Waals surface area contributed by atoms with Crippen LogP contribution in [0.4, 0.5) is 11.5 Å². The van der Waals surface area contributed by atoms with E-state index in [1.807, 2.05) is 24.5 Å². The second-order valence-electron chi connectivity index (χ2n) is 4.11. The summed E-state index contributed by atoms with van der Waals surface area (Å²) in [6.45, 7) is -0.433. The molecule has 114 valence electrons. The molecule has 0 aliphatic carbocycles. The highest BCUT2D eigenvalue weighted by Gasteiger charge is 2.15. The van der Waals surface area contributed by atoms with E-state index in [1.54, 1.807) is 6.07 Å². The van der Waals surface area contributed by atoms with Gasteiger partial charge >= 0.3 is 5.97 Å².